The summed E-state index contributed by atoms with van der Waals surface area (Å²) in [7, 11) is 0. The summed E-state index contributed by atoms with van der Waals surface area (Å²) >= 11 is 0. The van der Waals surface area contributed by atoms with E-state index in [1.807, 2.05) is 32.1 Å². The van der Waals surface area contributed by atoms with Gasteiger partial charge in [0.2, 0.25) is 0 Å². The normalized spacial score (nSPS) is 12.9. The molecule has 1 rings (SSSR count). The highest BCUT2D eigenvalue weighted by molar-refractivity contribution is 5.35. The summed E-state index contributed by atoms with van der Waals surface area (Å²) in [5.74, 6) is 0.00445. The van der Waals surface area contributed by atoms with E-state index in [0.717, 1.165) is 12.0 Å². The van der Waals surface area contributed by atoms with Crippen LogP contribution in [0.3, 0.4) is 0 Å². The second-order valence-electron chi connectivity index (χ2n) is 3.98. The first-order chi connectivity index (χ1) is 8.19. The molecule has 0 saturated carbocycles. The molecule has 0 amide bonds. The third-order valence-corrected chi connectivity index (χ3v) is 2.61. The first kappa shape index (κ1) is 13.7. The zero-order chi connectivity index (χ0) is 12.7. The van der Waals surface area contributed by atoms with Crippen molar-refractivity contribution in [3.05, 3.63) is 41.7 Å². The third kappa shape index (κ3) is 4.19. The predicted octanol–water partition coefficient (Wildman–Crippen LogP) is 3.06. The Morgan fingerprint density at radius 1 is 1.47 bits per heavy atom. The molecule has 1 aromatic rings. The summed E-state index contributed by atoms with van der Waals surface area (Å²) in [6.07, 6.45) is 5.22. The molecule has 0 fully saturated rings. The minimum atomic E-state index is -0.324. The zero-order valence-electron chi connectivity index (χ0n) is 10.4. The van der Waals surface area contributed by atoms with Crippen molar-refractivity contribution >= 4 is 0 Å². The quantitative estimate of drug-likeness (QED) is 0.772. The molecule has 2 nitrogen and oxygen atoms in total. The van der Waals surface area contributed by atoms with Crippen LogP contribution in [-0.4, -0.2) is 12.6 Å². The summed E-state index contributed by atoms with van der Waals surface area (Å²) in [4.78, 5) is 0. The molecule has 1 unspecified atom stereocenters. The topological polar surface area (TPSA) is 35.2 Å². The molecule has 1 aromatic carbocycles. The fourth-order valence-corrected chi connectivity index (χ4v) is 1.53. The van der Waals surface area contributed by atoms with Gasteiger partial charge in [0, 0.05) is 6.04 Å². The van der Waals surface area contributed by atoms with Gasteiger partial charge >= 0.3 is 0 Å². The molecule has 0 radical (unpaired) electrons. The highest BCUT2D eigenvalue weighted by atomic mass is 19.1. The average Bonchev–Trinajstić information content (AvgIpc) is 2.32. The molecule has 2 N–H and O–H groups in total. The highest BCUT2D eigenvalue weighted by Gasteiger charge is 2.11. The Bertz CT molecular complexity index is 376. The van der Waals surface area contributed by atoms with E-state index in [4.69, 9.17) is 10.5 Å². The van der Waals surface area contributed by atoms with Crippen LogP contribution >= 0.6 is 0 Å². The van der Waals surface area contributed by atoms with Gasteiger partial charge in [0.15, 0.2) is 11.6 Å². The minimum absolute atomic E-state index is 0.0425. The molecule has 1 atom stereocenters. The second kappa shape index (κ2) is 7.07. The Morgan fingerprint density at radius 3 is 2.88 bits per heavy atom. The Hall–Kier alpha value is -1.35. The number of nitrogens with two attached hydrogens (primary N) is 1. The van der Waals surface area contributed by atoms with Crippen molar-refractivity contribution in [2.75, 3.05) is 6.61 Å². The number of hydrogen-bond donors (Lipinski definition) is 1. The fourth-order valence-electron chi connectivity index (χ4n) is 1.53. The number of halogens is 1. The first-order valence-corrected chi connectivity index (χ1v) is 5.96. The van der Waals surface area contributed by atoms with E-state index >= 15 is 0 Å². The van der Waals surface area contributed by atoms with Crippen molar-refractivity contribution in [3.63, 3.8) is 0 Å². The van der Waals surface area contributed by atoms with Crippen LogP contribution in [-0.2, 0) is 6.42 Å². The first-order valence-electron chi connectivity index (χ1n) is 5.96. The third-order valence-electron chi connectivity index (χ3n) is 2.61. The van der Waals surface area contributed by atoms with E-state index in [1.54, 1.807) is 6.07 Å². The van der Waals surface area contributed by atoms with E-state index in [0.29, 0.717) is 18.8 Å². The van der Waals surface area contributed by atoms with Crippen LogP contribution in [0.4, 0.5) is 4.39 Å². The van der Waals surface area contributed by atoms with Crippen LogP contribution in [0.1, 0.15) is 25.8 Å². The fraction of sp³-hybridized carbons (Fsp3) is 0.429. The minimum Gasteiger partial charge on any atom is -0.486 e. The lowest BCUT2D eigenvalue weighted by Gasteiger charge is -2.14. The number of hydrogen-bond acceptors (Lipinski definition) is 2. The Balaban J connectivity index is 2.83. The smallest absolute Gasteiger partial charge is 0.165 e. The summed E-state index contributed by atoms with van der Waals surface area (Å²) in [6, 6.07) is 5.01. The Morgan fingerprint density at radius 2 is 2.24 bits per heavy atom. The largest absolute Gasteiger partial charge is 0.486 e. The maximum atomic E-state index is 13.6. The molecule has 0 heterocycles. The van der Waals surface area contributed by atoms with Crippen LogP contribution in [0.15, 0.2) is 30.4 Å². The van der Waals surface area contributed by atoms with Crippen LogP contribution in [0.2, 0.25) is 0 Å². The number of allylic oxidation sites excluding steroid dienone is 1. The van der Waals surface area contributed by atoms with E-state index in [-0.39, 0.29) is 11.9 Å². The predicted molar refractivity (Wildman–Crippen MR) is 68.7 cm³/mol. The van der Waals surface area contributed by atoms with Gasteiger partial charge in [-0.3, -0.25) is 0 Å². The van der Waals surface area contributed by atoms with Gasteiger partial charge in [-0.05, 0) is 31.4 Å². The van der Waals surface area contributed by atoms with E-state index < -0.39 is 0 Å². The van der Waals surface area contributed by atoms with Gasteiger partial charge in [-0.25, -0.2) is 4.39 Å². The maximum absolute atomic E-state index is 13.6. The zero-order valence-corrected chi connectivity index (χ0v) is 10.4. The van der Waals surface area contributed by atoms with Gasteiger partial charge in [-0.2, -0.15) is 0 Å². The van der Waals surface area contributed by atoms with Crippen molar-refractivity contribution in [1.29, 1.82) is 0 Å². The summed E-state index contributed by atoms with van der Waals surface area (Å²) in [5.41, 5.74) is 6.72. The van der Waals surface area contributed by atoms with Crippen molar-refractivity contribution in [3.8, 4) is 5.75 Å². The van der Waals surface area contributed by atoms with E-state index in [1.165, 1.54) is 6.07 Å². The Labute approximate surface area is 102 Å². The molecule has 0 bridgehead atoms. The van der Waals surface area contributed by atoms with E-state index in [9.17, 15) is 4.39 Å². The maximum Gasteiger partial charge on any atom is 0.165 e. The SMILES string of the molecule is C/C=C/COc1c(F)cccc1CC(N)CC. The number of rotatable bonds is 6. The molecular formula is C14H20FNO. The second-order valence-corrected chi connectivity index (χ2v) is 3.98. The number of para-hydroxylation sites is 1. The Kier molecular flexibility index (Phi) is 5.70. The highest BCUT2D eigenvalue weighted by Crippen LogP contribution is 2.24. The van der Waals surface area contributed by atoms with Crippen molar-refractivity contribution in [1.82, 2.24) is 0 Å². The molecule has 3 heteroatoms. The lowest BCUT2D eigenvalue weighted by Crippen LogP contribution is -2.22. The van der Waals surface area contributed by atoms with Gasteiger partial charge in [-0.15, -0.1) is 0 Å². The van der Waals surface area contributed by atoms with Crippen molar-refractivity contribution < 1.29 is 9.13 Å². The van der Waals surface area contributed by atoms with Crippen LogP contribution in [0, 0.1) is 5.82 Å². The van der Waals surface area contributed by atoms with Gasteiger partial charge in [-0.1, -0.05) is 31.2 Å². The standard InChI is InChI=1S/C14H20FNO/c1-3-5-9-17-14-11(10-12(16)4-2)7-6-8-13(14)15/h3,5-8,12H,4,9-10,16H2,1-2H3/b5-3+. The van der Waals surface area contributed by atoms with Crippen LogP contribution < -0.4 is 10.5 Å². The molecule has 0 aromatic heterocycles. The van der Waals surface area contributed by atoms with Crippen molar-refractivity contribution in [2.45, 2.75) is 32.7 Å². The molecular weight excluding hydrogens is 217 g/mol. The molecule has 0 aliphatic carbocycles. The summed E-state index contributed by atoms with van der Waals surface area (Å²) < 4.78 is 19.1. The van der Waals surface area contributed by atoms with Gasteiger partial charge in [0.05, 0.1) is 0 Å². The van der Waals surface area contributed by atoms with E-state index in [2.05, 4.69) is 0 Å². The lowest BCUT2D eigenvalue weighted by molar-refractivity contribution is 0.336. The van der Waals surface area contributed by atoms with Gasteiger partial charge < -0.3 is 10.5 Å². The molecule has 0 saturated heterocycles. The average molecular weight is 237 g/mol. The molecule has 0 aliphatic heterocycles. The number of benzene rings is 1. The molecule has 94 valence electrons. The van der Waals surface area contributed by atoms with Gasteiger partial charge in [0.1, 0.15) is 6.61 Å². The van der Waals surface area contributed by atoms with Crippen molar-refractivity contribution in [2.24, 2.45) is 5.73 Å². The lowest BCUT2D eigenvalue weighted by atomic mass is 10.0. The van der Waals surface area contributed by atoms with Crippen LogP contribution in [0.25, 0.3) is 0 Å². The summed E-state index contributed by atoms with van der Waals surface area (Å²) in [5, 5.41) is 0. The summed E-state index contributed by atoms with van der Waals surface area (Å²) in [6.45, 7) is 4.30. The molecule has 0 aliphatic rings. The van der Waals surface area contributed by atoms with Crippen LogP contribution in [0.5, 0.6) is 5.75 Å². The molecule has 17 heavy (non-hydrogen) atoms. The van der Waals surface area contributed by atoms with Gasteiger partial charge in [0.25, 0.3) is 0 Å². The monoisotopic (exact) mass is 237 g/mol. The number of ether oxygens (including phenoxy) is 1. The molecule has 0 spiro atoms.